The van der Waals surface area contributed by atoms with Gasteiger partial charge in [-0.25, -0.2) is 4.98 Å². The molecule has 0 spiro atoms. The lowest BCUT2D eigenvalue weighted by Gasteiger charge is -2.35. The molecule has 2 aromatic rings. The summed E-state index contributed by atoms with van der Waals surface area (Å²) in [5, 5.41) is 0. The Hall–Kier alpha value is -2.83. The van der Waals surface area contributed by atoms with Gasteiger partial charge in [0.05, 0.1) is 0 Å². The fourth-order valence-electron chi connectivity index (χ4n) is 2.69. The summed E-state index contributed by atoms with van der Waals surface area (Å²) < 4.78 is 5.81. The van der Waals surface area contributed by atoms with Gasteiger partial charge in [0.1, 0.15) is 17.3 Å². The van der Waals surface area contributed by atoms with E-state index in [1.54, 1.807) is 6.92 Å². The van der Waals surface area contributed by atoms with Gasteiger partial charge < -0.3 is 20.3 Å². The Kier molecular flexibility index (Phi) is 4.50. The average molecular weight is 327 g/mol. The first-order chi connectivity index (χ1) is 11.5. The first-order valence-electron chi connectivity index (χ1n) is 7.92. The smallest absolute Gasteiger partial charge is 0.248 e. The number of ether oxygens (including phenoxy) is 1. The molecule has 1 aliphatic heterocycles. The highest BCUT2D eigenvalue weighted by Gasteiger charge is 2.23. The number of aryl methyl sites for hydroxylation is 1. The van der Waals surface area contributed by atoms with Crippen LogP contribution in [0.4, 0.5) is 11.5 Å². The molecule has 7 heteroatoms. The number of aromatic nitrogens is 2. The molecule has 1 aromatic heterocycles. The van der Waals surface area contributed by atoms with Gasteiger partial charge in [-0.05, 0) is 19.1 Å². The van der Waals surface area contributed by atoms with E-state index in [4.69, 9.17) is 10.5 Å². The molecule has 1 aliphatic rings. The van der Waals surface area contributed by atoms with Crippen molar-refractivity contribution in [1.82, 2.24) is 14.9 Å². The second-order valence-electron chi connectivity index (χ2n) is 5.72. The molecule has 0 bridgehead atoms. The number of hydrogen-bond acceptors (Lipinski definition) is 6. The van der Waals surface area contributed by atoms with E-state index in [0.717, 1.165) is 0 Å². The van der Waals surface area contributed by atoms with Gasteiger partial charge in [0, 0.05) is 33.1 Å². The lowest BCUT2D eigenvalue weighted by molar-refractivity contribution is -0.129. The van der Waals surface area contributed by atoms with E-state index in [0.29, 0.717) is 55.1 Å². The quantitative estimate of drug-likeness (QED) is 0.926. The van der Waals surface area contributed by atoms with Crippen LogP contribution in [0.1, 0.15) is 12.7 Å². The molecule has 0 atom stereocenters. The molecule has 1 aromatic carbocycles. The van der Waals surface area contributed by atoms with Crippen molar-refractivity contribution in [3.63, 3.8) is 0 Å². The van der Waals surface area contributed by atoms with Gasteiger partial charge in [-0.2, -0.15) is 4.98 Å². The molecule has 0 aliphatic carbocycles. The van der Waals surface area contributed by atoms with E-state index in [9.17, 15) is 4.79 Å². The van der Waals surface area contributed by atoms with Crippen molar-refractivity contribution >= 4 is 17.4 Å². The number of nitrogen functional groups attached to an aromatic ring is 1. The maximum Gasteiger partial charge on any atom is 0.248 e. The fraction of sp³-hybridized carbons (Fsp3) is 0.353. The summed E-state index contributed by atoms with van der Waals surface area (Å²) in [6, 6.07) is 9.40. The number of nitrogens with two attached hydrogens (primary N) is 1. The van der Waals surface area contributed by atoms with Gasteiger partial charge in [-0.1, -0.05) is 18.2 Å². The zero-order chi connectivity index (χ0) is 17.1. The number of para-hydroxylation sites is 1. The number of anilines is 2. The molecule has 126 valence electrons. The Balaban J connectivity index is 1.83. The highest BCUT2D eigenvalue weighted by atomic mass is 16.5. The highest BCUT2D eigenvalue weighted by molar-refractivity contribution is 5.74. The second-order valence-corrected chi connectivity index (χ2v) is 5.72. The normalized spacial score (nSPS) is 14.6. The van der Waals surface area contributed by atoms with Gasteiger partial charge in [-0.3, -0.25) is 4.79 Å². The minimum atomic E-state index is 0.0922. The van der Waals surface area contributed by atoms with Crippen molar-refractivity contribution < 1.29 is 9.53 Å². The second kappa shape index (κ2) is 6.74. The van der Waals surface area contributed by atoms with Gasteiger partial charge in [0.15, 0.2) is 5.82 Å². The molecule has 2 N–H and O–H groups in total. The van der Waals surface area contributed by atoms with Crippen LogP contribution >= 0.6 is 0 Å². The van der Waals surface area contributed by atoms with Gasteiger partial charge >= 0.3 is 0 Å². The number of carbonyl (C=O) groups excluding carboxylic acids is 1. The molecular weight excluding hydrogens is 306 g/mol. The number of benzene rings is 1. The molecule has 1 saturated heterocycles. The third-order valence-electron chi connectivity index (χ3n) is 3.98. The Morgan fingerprint density at radius 2 is 1.79 bits per heavy atom. The molecular formula is C17H21N5O2. The summed E-state index contributed by atoms with van der Waals surface area (Å²) in [4.78, 5) is 24.1. The molecule has 7 nitrogen and oxygen atoms in total. The standard InChI is InChI=1S/C17H21N5O2/c1-12-19-16(22-10-8-21(9-11-22)13(2)23)15(18)17(20-12)24-14-6-4-3-5-7-14/h3-7H,8-11,18H2,1-2H3. The first kappa shape index (κ1) is 16.0. The maximum absolute atomic E-state index is 11.5. The predicted molar refractivity (Wildman–Crippen MR) is 92.2 cm³/mol. The van der Waals surface area contributed by atoms with Crippen LogP contribution in [-0.2, 0) is 4.79 Å². The monoisotopic (exact) mass is 327 g/mol. The summed E-state index contributed by atoms with van der Waals surface area (Å²) in [5.74, 6) is 2.39. The summed E-state index contributed by atoms with van der Waals surface area (Å²) in [5.41, 5.74) is 6.67. The zero-order valence-electron chi connectivity index (χ0n) is 13.9. The lowest BCUT2D eigenvalue weighted by atomic mass is 10.3. The van der Waals surface area contributed by atoms with Crippen LogP contribution in [0.3, 0.4) is 0 Å². The topological polar surface area (TPSA) is 84.6 Å². The summed E-state index contributed by atoms with van der Waals surface area (Å²) in [6.07, 6.45) is 0. The summed E-state index contributed by atoms with van der Waals surface area (Å²) in [7, 11) is 0. The minimum absolute atomic E-state index is 0.0922. The van der Waals surface area contributed by atoms with E-state index in [1.807, 2.05) is 42.2 Å². The van der Waals surface area contributed by atoms with Crippen LogP contribution in [0.25, 0.3) is 0 Å². The Morgan fingerprint density at radius 3 is 2.42 bits per heavy atom. The Morgan fingerprint density at radius 1 is 1.12 bits per heavy atom. The summed E-state index contributed by atoms with van der Waals surface area (Å²) >= 11 is 0. The van der Waals surface area contributed by atoms with Crippen molar-refractivity contribution in [2.45, 2.75) is 13.8 Å². The number of amides is 1. The minimum Gasteiger partial charge on any atom is -0.437 e. The van der Waals surface area contributed by atoms with Crippen molar-refractivity contribution in [2.75, 3.05) is 36.8 Å². The van der Waals surface area contributed by atoms with Crippen LogP contribution in [-0.4, -0.2) is 47.0 Å². The third-order valence-corrected chi connectivity index (χ3v) is 3.98. The van der Waals surface area contributed by atoms with Crippen LogP contribution in [0.15, 0.2) is 30.3 Å². The molecule has 0 saturated carbocycles. The van der Waals surface area contributed by atoms with Crippen molar-refractivity contribution in [3.8, 4) is 11.6 Å². The molecule has 24 heavy (non-hydrogen) atoms. The van der Waals surface area contributed by atoms with Crippen molar-refractivity contribution in [1.29, 1.82) is 0 Å². The molecule has 3 rings (SSSR count). The van der Waals surface area contributed by atoms with Crippen molar-refractivity contribution in [2.24, 2.45) is 0 Å². The van der Waals surface area contributed by atoms with Crippen molar-refractivity contribution in [3.05, 3.63) is 36.2 Å². The van der Waals surface area contributed by atoms with Gasteiger partial charge in [0.25, 0.3) is 0 Å². The predicted octanol–water partition coefficient (Wildman–Crippen LogP) is 1.83. The van der Waals surface area contributed by atoms with Crippen LogP contribution in [0.2, 0.25) is 0 Å². The van der Waals surface area contributed by atoms with Crippen LogP contribution in [0, 0.1) is 6.92 Å². The molecule has 0 radical (unpaired) electrons. The van der Waals surface area contributed by atoms with Gasteiger partial charge in [0.2, 0.25) is 11.8 Å². The van der Waals surface area contributed by atoms with E-state index in [2.05, 4.69) is 14.9 Å². The lowest BCUT2D eigenvalue weighted by Crippen LogP contribution is -2.48. The number of nitrogens with zero attached hydrogens (tertiary/aromatic N) is 4. The number of rotatable bonds is 3. The number of carbonyl (C=O) groups is 1. The summed E-state index contributed by atoms with van der Waals surface area (Å²) in [6.45, 7) is 6.09. The largest absolute Gasteiger partial charge is 0.437 e. The fourth-order valence-corrected chi connectivity index (χ4v) is 2.69. The maximum atomic E-state index is 11.5. The van der Waals surface area contributed by atoms with E-state index in [1.165, 1.54) is 0 Å². The number of piperazine rings is 1. The Labute approximate surface area is 141 Å². The zero-order valence-corrected chi connectivity index (χ0v) is 13.9. The SMILES string of the molecule is CC(=O)N1CCN(c2nc(C)nc(Oc3ccccc3)c2N)CC1. The molecule has 1 fully saturated rings. The molecule has 2 heterocycles. The first-order valence-corrected chi connectivity index (χ1v) is 7.92. The Bertz CT molecular complexity index is 727. The third kappa shape index (κ3) is 3.40. The van der Waals surface area contributed by atoms with Gasteiger partial charge in [-0.15, -0.1) is 0 Å². The van der Waals surface area contributed by atoms with E-state index < -0.39 is 0 Å². The van der Waals surface area contributed by atoms with Crippen LogP contribution in [0.5, 0.6) is 11.6 Å². The molecule has 0 unspecified atom stereocenters. The highest BCUT2D eigenvalue weighted by Crippen LogP contribution is 2.32. The van der Waals surface area contributed by atoms with E-state index >= 15 is 0 Å². The van der Waals surface area contributed by atoms with Crippen LogP contribution < -0.4 is 15.4 Å². The average Bonchev–Trinajstić information content (AvgIpc) is 2.59. The molecule has 1 amide bonds. The number of hydrogen-bond donors (Lipinski definition) is 1. The van der Waals surface area contributed by atoms with E-state index in [-0.39, 0.29) is 5.91 Å².